The third-order valence-electron chi connectivity index (χ3n) is 4.57. The molecule has 1 N–H and O–H groups in total. The second-order valence-electron chi connectivity index (χ2n) is 5.85. The molecule has 4 rings (SSSR count). The Morgan fingerprint density at radius 2 is 1.95 bits per heavy atom. The summed E-state index contributed by atoms with van der Waals surface area (Å²) in [5.74, 6) is 0.692. The Balaban J connectivity index is 1.88. The molecule has 1 atom stereocenters. The SMILES string of the molecule is Cc1c2ccoc2c(CC2CCCNC2)c2ccoc12. The first-order valence-corrected chi connectivity index (χ1v) is 7.41. The van der Waals surface area contributed by atoms with Gasteiger partial charge in [-0.1, -0.05) is 0 Å². The Hall–Kier alpha value is -1.74. The van der Waals surface area contributed by atoms with E-state index >= 15 is 0 Å². The van der Waals surface area contributed by atoms with E-state index in [-0.39, 0.29) is 0 Å². The molecule has 0 amide bonds. The van der Waals surface area contributed by atoms with Crippen molar-refractivity contribution in [1.29, 1.82) is 0 Å². The van der Waals surface area contributed by atoms with Gasteiger partial charge in [0.2, 0.25) is 0 Å². The Morgan fingerprint density at radius 1 is 1.15 bits per heavy atom. The molecular formula is C17H19NO2. The van der Waals surface area contributed by atoms with E-state index in [1.165, 1.54) is 34.7 Å². The third kappa shape index (κ3) is 1.77. The molecule has 3 aromatic rings. The molecule has 1 saturated heterocycles. The summed E-state index contributed by atoms with van der Waals surface area (Å²) in [5, 5.41) is 5.90. The van der Waals surface area contributed by atoms with Gasteiger partial charge in [-0.2, -0.15) is 0 Å². The highest BCUT2D eigenvalue weighted by Crippen LogP contribution is 2.35. The average molecular weight is 269 g/mol. The minimum absolute atomic E-state index is 0.692. The largest absolute Gasteiger partial charge is 0.464 e. The molecule has 1 aliphatic heterocycles. The van der Waals surface area contributed by atoms with Crippen molar-refractivity contribution < 1.29 is 8.83 Å². The molecule has 0 bridgehead atoms. The first-order chi connectivity index (χ1) is 9.84. The predicted octanol–water partition coefficient (Wildman–Crippen LogP) is 4.03. The molecule has 104 valence electrons. The Labute approximate surface area is 117 Å². The van der Waals surface area contributed by atoms with E-state index in [0.29, 0.717) is 5.92 Å². The van der Waals surface area contributed by atoms with Crippen LogP contribution in [0.1, 0.15) is 24.0 Å². The van der Waals surface area contributed by atoms with Crippen LogP contribution in [0.4, 0.5) is 0 Å². The monoisotopic (exact) mass is 269 g/mol. The molecule has 1 fully saturated rings. The van der Waals surface area contributed by atoms with Crippen molar-refractivity contribution in [2.24, 2.45) is 5.92 Å². The number of benzene rings is 1. The van der Waals surface area contributed by atoms with Gasteiger partial charge in [0.05, 0.1) is 12.5 Å². The van der Waals surface area contributed by atoms with E-state index in [9.17, 15) is 0 Å². The van der Waals surface area contributed by atoms with Crippen LogP contribution in [0.3, 0.4) is 0 Å². The highest BCUT2D eigenvalue weighted by Gasteiger charge is 2.20. The van der Waals surface area contributed by atoms with Crippen LogP contribution in [0.2, 0.25) is 0 Å². The lowest BCUT2D eigenvalue weighted by Crippen LogP contribution is -2.30. The molecule has 0 spiro atoms. The lowest BCUT2D eigenvalue weighted by atomic mass is 9.89. The summed E-state index contributed by atoms with van der Waals surface area (Å²) in [5.41, 5.74) is 4.55. The van der Waals surface area contributed by atoms with Crippen molar-refractivity contribution in [3.63, 3.8) is 0 Å². The van der Waals surface area contributed by atoms with E-state index in [4.69, 9.17) is 8.83 Å². The number of furan rings is 2. The maximum Gasteiger partial charge on any atom is 0.138 e. The van der Waals surface area contributed by atoms with Gasteiger partial charge < -0.3 is 14.2 Å². The molecule has 1 aromatic carbocycles. The van der Waals surface area contributed by atoms with Crippen LogP contribution in [0.15, 0.2) is 33.5 Å². The van der Waals surface area contributed by atoms with Gasteiger partial charge in [-0.3, -0.25) is 0 Å². The molecule has 20 heavy (non-hydrogen) atoms. The van der Waals surface area contributed by atoms with Gasteiger partial charge in [-0.15, -0.1) is 0 Å². The van der Waals surface area contributed by atoms with Gasteiger partial charge in [0.25, 0.3) is 0 Å². The number of hydrogen-bond acceptors (Lipinski definition) is 3. The van der Waals surface area contributed by atoms with Gasteiger partial charge in [-0.05, 0) is 57.3 Å². The van der Waals surface area contributed by atoms with Crippen LogP contribution in [0, 0.1) is 12.8 Å². The van der Waals surface area contributed by atoms with E-state index in [1.54, 1.807) is 12.5 Å². The van der Waals surface area contributed by atoms with Crippen LogP contribution >= 0.6 is 0 Å². The zero-order chi connectivity index (χ0) is 13.5. The molecule has 3 heterocycles. The molecule has 0 radical (unpaired) electrons. The van der Waals surface area contributed by atoms with Crippen LogP contribution < -0.4 is 5.32 Å². The minimum atomic E-state index is 0.692. The van der Waals surface area contributed by atoms with Crippen LogP contribution in [-0.4, -0.2) is 13.1 Å². The van der Waals surface area contributed by atoms with Gasteiger partial charge in [0, 0.05) is 21.9 Å². The van der Waals surface area contributed by atoms with E-state index < -0.39 is 0 Å². The van der Waals surface area contributed by atoms with Gasteiger partial charge in [-0.25, -0.2) is 0 Å². The summed E-state index contributed by atoms with van der Waals surface area (Å²) in [6.07, 6.45) is 7.21. The van der Waals surface area contributed by atoms with E-state index in [1.807, 2.05) is 0 Å². The smallest absolute Gasteiger partial charge is 0.138 e. The normalized spacial score (nSPS) is 19.9. The average Bonchev–Trinajstić information content (AvgIpc) is 3.14. The molecule has 2 aromatic heterocycles. The van der Waals surface area contributed by atoms with Crippen LogP contribution in [0.25, 0.3) is 21.9 Å². The quantitative estimate of drug-likeness (QED) is 0.763. The van der Waals surface area contributed by atoms with Crippen LogP contribution in [-0.2, 0) is 6.42 Å². The Bertz CT molecular complexity index is 695. The number of hydrogen-bond donors (Lipinski definition) is 1. The summed E-state index contributed by atoms with van der Waals surface area (Å²) in [6, 6.07) is 4.13. The fourth-order valence-corrected chi connectivity index (χ4v) is 3.51. The standard InChI is InChI=1S/C17H19NO2/c1-11-13-4-7-20-17(13)15(14-5-8-19-16(11)14)9-12-3-2-6-18-10-12/h4-5,7-8,12,18H,2-3,6,9-10H2,1H3. The van der Waals surface area contributed by atoms with Gasteiger partial charge in [0.15, 0.2) is 0 Å². The van der Waals surface area contributed by atoms with Crippen molar-refractivity contribution in [2.45, 2.75) is 26.2 Å². The molecule has 0 aliphatic carbocycles. The zero-order valence-corrected chi connectivity index (χ0v) is 11.7. The summed E-state index contributed by atoms with van der Waals surface area (Å²) in [4.78, 5) is 0. The molecular weight excluding hydrogens is 250 g/mol. The lowest BCUT2D eigenvalue weighted by molar-refractivity contribution is 0.376. The number of aryl methyl sites for hydroxylation is 1. The summed E-state index contributed by atoms with van der Waals surface area (Å²) in [7, 11) is 0. The first kappa shape index (κ1) is 12.0. The van der Waals surface area contributed by atoms with Crippen molar-refractivity contribution in [3.05, 3.63) is 35.8 Å². The molecule has 3 nitrogen and oxygen atoms in total. The fourth-order valence-electron chi connectivity index (χ4n) is 3.51. The second kappa shape index (κ2) is 4.67. The molecule has 1 aliphatic rings. The molecule has 1 unspecified atom stereocenters. The maximum atomic E-state index is 5.79. The Kier molecular flexibility index (Phi) is 2.81. The van der Waals surface area contributed by atoms with Crippen molar-refractivity contribution >= 4 is 21.9 Å². The minimum Gasteiger partial charge on any atom is -0.464 e. The van der Waals surface area contributed by atoms with E-state index in [0.717, 1.165) is 30.7 Å². The fraction of sp³-hybridized carbons (Fsp3) is 0.412. The number of fused-ring (bicyclic) bond motifs is 2. The molecule has 0 saturated carbocycles. The number of piperidine rings is 1. The maximum absolute atomic E-state index is 5.79. The summed E-state index contributed by atoms with van der Waals surface area (Å²) < 4.78 is 11.5. The Morgan fingerprint density at radius 3 is 2.75 bits per heavy atom. The first-order valence-electron chi connectivity index (χ1n) is 7.41. The van der Waals surface area contributed by atoms with Gasteiger partial charge in [0.1, 0.15) is 11.2 Å². The van der Waals surface area contributed by atoms with Gasteiger partial charge >= 0.3 is 0 Å². The van der Waals surface area contributed by atoms with Crippen molar-refractivity contribution in [2.75, 3.05) is 13.1 Å². The number of rotatable bonds is 2. The topological polar surface area (TPSA) is 38.3 Å². The summed E-state index contributed by atoms with van der Waals surface area (Å²) in [6.45, 7) is 4.37. The van der Waals surface area contributed by atoms with E-state index in [2.05, 4.69) is 24.4 Å². The highest BCUT2D eigenvalue weighted by molar-refractivity contribution is 6.01. The third-order valence-corrected chi connectivity index (χ3v) is 4.57. The second-order valence-corrected chi connectivity index (χ2v) is 5.85. The number of nitrogens with one attached hydrogen (secondary N) is 1. The van der Waals surface area contributed by atoms with Crippen LogP contribution in [0.5, 0.6) is 0 Å². The highest BCUT2D eigenvalue weighted by atomic mass is 16.3. The lowest BCUT2D eigenvalue weighted by Gasteiger charge is -2.23. The summed E-state index contributed by atoms with van der Waals surface area (Å²) >= 11 is 0. The molecule has 3 heteroatoms. The predicted molar refractivity (Wildman–Crippen MR) is 80.0 cm³/mol. The van der Waals surface area contributed by atoms with Crippen molar-refractivity contribution in [1.82, 2.24) is 5.32 Å². The van der Waals surface area contributed by atoms with Crippen molar-refractivity contribution in [3.8, 4) is 0 Å². The zero-order valence-electron chi connectivity index (χ0n) is 11.7.